The van der Waals surface area contributed by atoms with Crippen molar-refractivity contribution in [2.75, 3.05) is 26.9 Å². The maximum Gasteiger partial charge on any atom is 0.343 e. The number of fused-ring (bicyclic) bond motifs is 1. The Kier molecular flexibility index (Phi) is 8.88. The molecule has 0 radical (unpaired) electrons. The van der Waals surface area contributed by atoms with Gasteiger partial charge in [-0.15, -0.1) is 0 Å². The Labute approximate surface area is 233 Å². The van der Waals surface area contributed by atoms with Crippen molar-refractivity contribution in [1.29, 1.82) is 0 Å². The number of aromatic nitrogens is 1. The van der Waals surface area contributed by atoms with Gasteiger partial charge in [0.25, 0.3) is 5.56 Å². The van der Waals surface area contributed by atoms with E-state index in [0.29, 0.717) is 43.7 Å². The van der Waals surface area contributed by atoms with Crippen LogP contribution in [0.5, 0.6) is 11.5 Å². The van der Waals surface area contributed by atoms with Gasteiger partial charge in [-0.3, -0.25) is 9.36 Å². The van der Waals surface area contributed by atoms with Gasteiger partial charge in [0, 0.05) is 5.02 Å². The lowest BCUT2D eigenvalue weighted by atomic mass is 9.95. The highest BCUT2D eigenvalue weighted by molar-refractivity contribution is 7.07. The molecule has 0 bridgehead atoms. The summed E-state index contributed by atoms with van der Waals surface area (Å²) in [5.41, 5.74) is 1.71. The number of allylic oxidation sites excluding steroid dienone is 1. The van der Waals surface area contributed by atoms with Crippen molar-refractivity contribution >= 4 is 41.0 Å². The van der Waals surface area contributed by atoms with Gasteiger partial charge in [0.2, 0.25) is 0 Å². The Morgan fingerprint density at radius 3 is 2.59 bits per heavy atom. The Balaban J connectivity index is 1.90. The van der Waals surface area contributed by atoms with Crippen LogP contribution in [0, 0.1) is 0 Å². The number of ether oxygens (including phenoxy) is 4. The lowest BCUT2D eigenvalue weighted by Crippen LogP contribution is -2.40. The number of thiazole rings is 1. The molecule has 0 unspecified atom stereocenters. The molecule has 2 aromatic carbocycles. The molecule has 0 N–H and O–H groups in total. The van der Waals surface area contributed by atoms with Crippen molar-refractivity contribution in [2.45, 2.75) is 26.8 Å². The van der Waals surface area contributed by atoms with Crippen molar-refractivity contribution in [1.82, 2.24) is 4.57 Å². The molecule has 2 heterocycles. The largest absolute Gasteiger partial charge is 0.490 e. The van der Waals surface area contributed by atoms with Crippen molar-refractivity contribution in [2.24, 2.45) is 4.99 Å². The molecule has 11 heteroatoms. The summed E-state index contributed by atoms with van der Waals surface area (Å²) in [5, 5.41) is 0.549. The van der Waals surface area contributed by atoms with Crippen LogP contribution in [-0.4, -0.2) is 43.4 Å². The zero-order chi connectivity index (χ0) is 28.1. The van der Waals surface area contributed by atoms with Crippen LogP contribution in [-0.2, 0) is 19.1 Å². The Morgan fingerprint density at radius 2 is 1.90 bits per heavy atom. The van der Waals surface area contributed by atoms with Crippen molar-refractivity contribution in [3.8, 4) is 11.5 Å². The van der Waals surface area contributed by atoms with Crippen LogP contribution in [0.25, 0.3) is 6.08 Å². The molecular weight excluding hydrogens is 544 g/mol. The van der Waals surface area contributed by atoms with E-state index in [2.05, 4.69) is 9.73 Å². The van der Waals surface area contributed by atoms with E-state index in [4.69, 9.17) is 25.8 Å². The summed E-state index contributed by atoms with van der Waals surface area (Å²) < 4.78 is 23.3. The number of nitrogens with zero attached hydrogens (tertiary/aromatic N) is 2. The molecule has 1 aliphatic rings. The predicted octanol–water partition coefficient (Wildman–Crippen LogP) is 3.40. The first-order chi connectivity index (χ1) is 18.8. The molecule has 0 saturated carbocycles. The van der Waals surface area contributed by atoms with E-state index in [1.54, 1.807) is 56.3 Å². The van der Waals surface area contributed by atoms with Gasteiger partial charge in [-0.05, 0) is 62.2 Å². The van der Waals surface area contributed by atoms with E-state index in [1.165, 1.54) is 23.0 Å². The molecule has 4 rings (SSSR count). The van der Waals surface area contributed by atoms with Gasteiger partial charge in [-0.25, -0.2) is 14.6 Å². The minimum Gasteiger partial charge on any atom is -0.490 e. The molecular formula is C28H27ClN2O7S. The molecule has 0 amide bonds. The monoisotopic (exact) mass is 570 g/mol. The number of rotatable bonds is 9. The van der Waals surface area contributed by atoms with Gasteiger partial charge >= 0.3 is 11.9 Å². The van der Waals surface area contributed by atoms with Crippen molar-refractivity contribution in [3.05, 3.63) is 89.6 Å². The summed E-state index contributed by atoms with van der Waals surface area (Å²) in [6.45, 7) is 5.41. The number of esters is 2. The van der Waals surface area contributed by atoms with Crippen LogP contribution in [0.4, 0.5) is 0 Å². The van der Waals surface area contributed by atoms with Crippen LogP contribution in [0.3, 0.4) is 0 Å². The normalized spacial score (nSPS) is 14.9. The van der Waals surface area contributed by atoms with E-state index in [-0.39, 0.29) is 24.3 Å². The number of hydrogen-bond donors (Lipinski definition) is 0. The molecule has 0 aliphatic carbocycles. The molecule has 0 spiro atoms. The Morgan fingerprint density at radius 1 is 1.10 bits per heavy atom. The van der Waals surface area contributed by atoms with Crippen LogP contribution in [0.2, 0.25) is 5.02 Å². The van der Waals surface area contributed by atoms with E-state index < -0.39 is 18.0 Å². The topological polar surface area (TPSA) is 105 Å². The van der Waals surface area contributed by atoms with Crippen molar-refractivity contribution < 1.29 is 28.5 Å². The Bertz CT molecular complexity index is 1620. The maximum atomic E-state index is 13.8. The summed E-state index contributed by atoms with van der Waals surface area (Å²) in [7, 11) is 1.27. The number of carbonyl (C=O) groups is 2. The fourth-order valence-corrected chi connectivity index (χ4v) is 5.38. The number of halogens is 1. The SMILES string of the molecule is CCOC(=O)C1=C(C)N=c2s/c(=C\c3cccc(Cl)c3)c(=O)n2[C@H]1c1ccc(OCC(=O)OC)c(OCC)c1. The van der Waals surface area contributed by atoms with E-state index in [1.807, 2.05) is 13.0 Å². The summed E-state index contributed by atoms with van der Waals surface area (Å²) >= 11 is 7.35. The van der Waals surface area contributed by atoms with Gasteiger partial charge in [0.05, 0.1) is 42.2 Å². The fraction of sp³-hybridized carbons (Fsp3) is 0.286. The first kappa shape index (κ1) is 28.1. The number of benzene rings is 2. The summed E-state index contributed by atoms with van der Waals surface area (Å²) in [5.74, 6) is -0.455. The zero-order valence-corrected chi connectivity index (χ0v) is 23.4. The van der Waals surface area contributed by atoms with E-state index in [0.717, 1.165) is 5.56 Å². The second-order valence-corrected chi connectivity index (χ2v) is 9.81. The smallest absolute Gasteiger partial charge is 0.343 e. The van der Waals surface area contributed by atoms with Crippen LogP contribution in [0.15, 0.2) is 63.5 Å². The molecule has 204 valence electrons. The van der Waals surface area contributed by atoms with Gasteiger partial charge in [0.1, 0.15) is 0 Å². The highest BCUT2D eigenvalue weighted by Gasteiger charge is 2.34. The first-order valence-electron chi connectivity index (χ1n) is 12.2. The van der Waals surface area contributed by atoms with E-state index in [9.17, 15) is 14.4 Å². The average Bonchev–Trinajstić information content (AvgIpc) is 3.21. The lowest BCUT2D eigenvalue weighted by Gasteiger charge is -2.25. The highest BCUT2D eigenvalue weighted by Crippen LogP contribution is 2.36. The van der Waals surface area contributed by atoms with Gasteiger partial charge in [-0.1, -0.05) is 41.1 Å². The number of hydrogen-bond acceptors (Lipinski definition) is 9. The van der Waals surface area contributed by atoms with Gasteiger partial charge in [-0.2, -0.15) is 0 Å². The quantitative estimate of drug-likeness (QED) is 0.363. The first-order valence-corrected chi connectivity index (χ1v) is 13.4. The van der Waals surface area contributed by atoms with Crippen LogP contribution in [0.1, 0.15) is 37.9 Å². The molecule has 1 aromatic heterocycles. The number of carbonyl (C=O) groups excluding carboxylic acids is 2. The third-order valence-corrected chi connectivity index (χ3v) is 7.04. The lowest BCUT2D eigenvalue weighted by molar-refractivity contribution is -0.143. The van der Waals surface area contributed by atoms with Crippen LogP contribution >= 0.6 is 22.9 Å². The molecule has 1 atom stereocenters. The molecule has 9 nitrogen and oxygen atoms in total. The zero-order valence-electron chi connectivity index (χ0n) is 21.9. The second-order valence-electron chi connectivity index (χ2n) is 8.36. The standard InChI is InChI=1S/C28H27ClN2O7S/c1-5-36-21-14-18(10-11-20(21)38-15-23(32)35-4)25-24(27(34)37-6-2)16(3)30-28-31(25)26(33)22(39-28)13-17-8-7-9-19(29)12-17/h7-14,25H,5-6,15H2,1-4H3/b22-13-/t25-/m0/s1. The minimum atomic E-state index is -0.837. The molecule has 0 saturated heterocycles. The third kappa shape index (κ3) is 6.07. The third-order valence-electron chi connectivity index (χ3n) is 5.82. The molecule has 39 heavy (non-hydrogen) atoms. The molecule has 1 aliphatic heterocycles. The summed E-state index contributed by atoms with van der Waals surface area (Å²) in [6.07, 6.45) is 1.74. The average molecular weight is 571 g/mol. The minimum absolute atomic E-state index is 0.159. The Hall–Kier alpha value is -3.89. The van der Waals surface area contributed by atoms with Crippen LogP contribution < -0.4 is 24.4 Å². The summed E-state index contributed by atoms with van der Waals surface area (Å²) in [6, 6.07) is 11.4. The van der Waals surface area contributed by atoms with E-state index >= 15 is 0 Å². The summed E-state index contributed by atoms with van der Waals surface area (Å²) in [4.78, 5) is 43.6. The fourth-order valence-electron chi connectivity index (χ4n) is 4.13. The van der Waals surface area contributed by atoms with Gasteiger partial charge in [0.15, 0.2) is 22.9 Å². The van der Waals surface area contributed by atoms with Gasteiger partial charge < -0.3 is 18.9 Å². The highest BCUT2D eigenvalue weighted by atomic mass is 35.5. The predicted molar refractivity (Wildman–Crippen MR) is 147 cm³/mol. The second kappa shape index (κ2) is 12.3. The molecule has 3 aromatic rings. The maximum absolute atomic E-state index is 13.8. The number of methoxy groups -OCH3 is 1. The van der Waals surface area contributed by atoms with Crippen molar-refractivity contribution in [3.63, 3.8) is 0 Å². The molecule has 0 fully saturated rings.